The summed E-state index contributed by atoms with van der Waals surface area (Å²) >= 11 is 0. The van der Waals surface area contributed by atoms with Crippen LogP contribution >= 0.6 is 0 Å². The molecule has 0 aromatic heterocycles. The summed E-state index contributed by atoms with van der Waals surface area (Å²) in [5.74, 6) is 1.59. The van der Waals surface area contributed by atoms with Gasteiger partial charge in [-0.1, -0.05) is 41.0 Å². The Morgan fingerprint density at radius 1 is 1.32 bits per heavy atom. The smallest absolute Gasteiger partial charge is 0.0159 e. The maximum absolute atomic E-state index is 3.84. The van der Waals surface area contributed by atoms with E-state index in [1.54, 1.807) is 0 Å². The fraction of sp³-hybridized carbons (Fsp3) is 1.00. The van der Waals surface area contributed by atoms with Crippen LogP contribution in [0.15, 0.2) is 0 Å². The molecule has 1 N–H and O–H groups in total. The summed E-state index contributed by atoms with van der Waals surface area (Å²) in [6.07, 6.45) is 5.41. The van der Waals surface area contributed by atoms with E-state index in [2.05, 4.69) is 51.9 Å². The van der Waals surface area contributed by atoms with E-state index >= 15 is 0 Å². The van der Waals surface area contributed by atoms with Gasteiger partial charge in [0.25, 0.3) is 0 Å². The summed E-state index contributed by atoms with van der Waals surface area (Å²) in [7, 11) is 2.29. The molecule has 1 saturated carbocycles. The molecule has 1 aliphatic rings. The standard InChI is InChI=1S/C17H36N2/c1-7-11-18-16-15(9-8-10-17(16,4)5)13-19(6)12-14(2)3/h14-16,18H,7-13H2,1-6H3. The molecule has 2 atom stereocenters. The van der Waals surface area contributed by atoms with E-state index in [0.717, 1.165) is 11.8 Å². The minimum atomic E-state index is 0.455. The average molecular weight is 268 g/mol. The van der Waals surface area contributed by atoms with Gasteiger partial charge in [-0.05, 0) is 50.1 Å². The second-order valence-electron chi connectivity index (χ2n) is 7.69. The SMILES string of the molecule is CCCNC1C(CN(C)CC(C)C)CCCC1(C)C. The molecule has 1 rings (SSSR count). The van der Waals surface area contributed by atoms with Crippen LogP contribution in [0.1, 0.15) is 60.3 Å². The van der Waals surface area contributed by atoms with Crippen LogP contribution in [0.2, 0.25) is 0 Å². The van der Waals surface area contributed by atoms with Gasteiger partial charge in [0, 0.05) is 19.1 Å². The van der Waals surface area contributed by atoms with Gasteiger partial charge in [0.1, 0.15) is 0 Å². The largest absolute Gasteiger partial charge is 0.313 e. The lowest BCUT2D eigenvalue weighted by atomic mass is 9.67. The van der Waals surface area contributed by atoms with Crippen molar-refractivity contribution >= 4 is 0 Å². The van der Waals surface area contributed by atoms with Gasteiger partial charge < -0.3 is 10.2 Å². The van der Waals surface area contributed by atoms with Crippen molar-refractivity contribution in [3.8, 4) is 0 Å². The molecule has 2 heteroatoms. The number of hydrogen-bond donors (Lipinski definition) is 1. The van der Waals surface area contributed by atoms with E-state index in [0.29, 0.717) is 11.5 Å². The third-order valence-electron chi connectivity index (χ3n) is 4.55. The van der Waals surface area contributed by atoms with Crippen LogP contribution in [0.4, 0.5) is 0 Å². The van der Waals surface area contributed by atoms with Crippen molar-refractivity contribution in [2.24, 2.45) is 17.3 Å². The van der Waals surface area contributed by atoms with Crippen molar-refractivity contribution in [2.75, 3.05) is 26.7 Å². The first-order chi connectivity index (χ1) is 8.86. The molecule has 0 heterocycles. The lowest BCUT2D eigenvalue weighted by Gasteiger charge is -2.46. The predicted octanol–water partition coefficient (Wildman–Crippen LogP) is 3.77. The van der Waals surface area contributed by atoms with Crippen LogP contribution in [-0.4, -0.2) is 37.6 Å². The molecule has 1 fully saturated rings. The third-order valence-corrected chi connectivity index (χ3v) is 4.55. The molecule has 0 spiro atoms. The fourth-order valence-electron chi connectivity index (χ4n) is 3.82. The van der Waals surface area contributed by atoms with Gasteiger partial charge in [0.15, 0.2) is 0 Å². The van der Waals surface area contributed by atoms with Gasteiger partial charge in [-0.2, -0.15) is 0 Å². The zero-order valence-corrected chi connectivity index (χ0v) is 14.1. The topological polar surface area (TPSA) is 15.3 Å². The van der Waals surface area contributed by atoms with Gasteiger partial charge in [-0.25, -0.2) is 0 Å². The van der Waals surface area contributed by atoms with Crippen molar-refractivity contribution in [1.29, 1.82) is 0 Å². The maximum Gasteiger partial charge on any atom is 0.0159 e. The van der Waals surface area contributed by atoms with Gasteiger partial charge >= 0.3 is 0 Å². The lowest BCUT2D eigenvalue weighted by molar-refractivity contribution is 0.0827. The Balaban J connectivity index is 2.61. The number of hydrogen-bond acceptors (Lipinski definition) is 2. The Hall–Kier alpha value is -0.0800. The highest BCUT2D eigenvalue weighted by atomic mass is 15.1. The molecular weight excluding hydrogens is 232 g/mol. The molecule has 0 aliphatic heterocycles. The summed E-state index contributed by atoms with van der Waals surface area (Å²) in [5.41, 5.74) is 0.455. The van der Waals surface area contributed by atoms with Gasteiger partial charge in [-0.15, -0.1) is 0 Å². The molecule has 19 heavy (non-hydrogen) atoms. The molecule has 0 aromatic carbocycles. The predicted molar refractivity (Wildman–Crippen MR) is 85.5 cm³/mol. The van der Waals surface area contributed by atoms with Crippen LogP contribution in [0, 0.1) is 17.3 Å². The van der Waals surface area contributed by atoms with E-state index in [9.17, 15) is 0 Å². The maximum atomic E-state index is 3.84. The summed E-state index contributed by atoms with van der Waals surface area (Å²) in [5, 5.41) is 3.84. The summed E-state index contributed by atoms with van der Waals surface area (Å²) in [6, 6.07) is 0.691. The van der Waals surface area contributed by atoms with E-state index < -0.39 is 0 Å². The quantitative estimate of drug-likeness (QED) is 0.756. The molecule has 114 valence electrons. The molecular formula is C17H36N2. The first-order valence-electron chi connectivity index (χ1n) is 8.28. The van der Waals surface area contributed by atoms with E-state index in [1.165, 1.54) is 45.3 Å². The van der Waals surface area contributed by atoms with Crippen LogP contribution in [0.25, 0.3) is 0 Å². The zero-order valence-electron chi connectivity index (χ0n) is 14.1. The van der Waals surface area contributed by atoms with Crippen molar-refractivity contribution in [3.63, 3.8) is 0 Å². The summed E-state index contributed by atoms with van der Waals surface area (Å²) < 4.78 is 0. The summed E-state index contributed by atoms with van der Waals surface area (Å²) in [6.45, 7) is 15.4. The molecule has 2 unspecified atom stereocenters. The number of rotatable bonds is 7. The highest BCUT2D eigenvalue weighted by Crippen LogP contribution is 2.39. The number of nitrogens with zero attached hydrogens (tertiary/aromatic N) is 1. The molecule has 0 radical (unpaired) electrons. The van der Waals surface area contributed by atoms with E-state index in [-0.39, 0.29) is 0 Å². The highest BCUT2D eigenvalue weighted by molar-refractivity contribution is 4.94. The first-order valence-corrected chi connectivity index (χ1v) is 8.28. The van der Waals surface area contributed by atoms with Crippen LogP contribution in [0.3, 0.4) is 0 Å². The lowest BCUT2D eigenvalue weighted by Crippen LogP contribution is -2.52. The monoisotopic (exact) mass is 268 g/mol. The highest BCUT2D eigenvalue weighted by Gasteiger charge is 2.38. The van der Waals surface area contributed by atoms with Gasteiger partial charge in [0.2, 0.25) is 0 Å². The Morgan fingerprint density at radius 2 is 2.00 bits per heavy atom. The number of nitrogens with one attached hydrogen (secondary N) is 1. The van der Waals surface area contributed by atoms with Crippen LogP contribution in [0.5, 0.6) is 0 Å². The molecule has 1 aliphatic carbocycles. The Kier molecular flexibility index (Phi) is 6.82. The molecule has 0 bridgehead atoms. The Labute approximate surface area is 121 Å². The fourth-order valence-corrected chi connectivity index (χ4v) is 3.82. The summed E-state index contributed by atoms with van der Waals surface area (Å²) in [4.78, 5) is 2.54. The van der Waals surface area contributed by atoms with Gasteiger partial charge in [0.05, 0.1) is 0 Å². The van der Waals surface area contributed by atoms with E-state index in [4.69, 9.17) is 0 Å². The minimum absolute atomic E-state index is 0.455. The molecule has 0 saturated heterocycles. The third kappa shape index (κ3) is 5.43. The molecule has 2 nitrogen and oxygen atoms in total. The Morgan fingerprint density at radius 3 is 2.58 bits per heavy atom. The van der Waals surface area contributed by atoms with Crippen LogP contribution < -0.4 is 5.32 Å². The van der Waals surface area contributed by atoms with E-state index in [1.807, 2.05) is 0 Å². The van der Waals surface area contributed by atoms with Crippen molar-refractivity contribution in [1.82, 2.24) is 10.2 Å². The normalized spacial score (nSPS) is 27.2. The Bertz CT molecular complexity index is 248. The second-order valence-corrected chi connectivity index (χ2v) is 7.69. The second kappa shape index (κ2) is 7.64. The minimum Gasteiger partial charge on any atom is -0.313 e. The van der Waals surface area contributed by atoms with Gasteiger partial charge in [-0.3, -0.25) is 0 Å². The van der Waals surface area contributed by atoms with Crippen molar-refractivity contribution in [2.45, 2.75) is 66.3 Å². The average Bonchev–Trinajstić information content (AvgIpc) is 2.26. The van der Waals surface area contributed by atoms with Crippen molar-refractivity contribution < 1.29 is 0 Å². The zero-order chi connectivity index (χ0) is 14.5. The van der Waals surface area contributed by atoms with Crippen molar-refractivity contribution in [3.05, 3.63) is 0 Å². The molecule has 0 aromatic rings. The molecule has 0 amide bonds. The first kappa shape index (κ1) is 17.0. The van der Waals surface area contributed by atoms with Crippen LogP contribution in [-0.2, 0) is 0 Å².